The van der Waals surface area contributed by atoms with Crippen molar-refractivity contribution in [2.45, 2.75) is 34.3 Å². The van der Waals surface area contributed by atoms with Gasteiger partial charge in [-0.1, -0.05) is 20.8 Å². The largest absolute Gasteiger partial charge is 0.392 e. The summed E-state index contributed by atoms with van der Waals surface area (Å²) in [6.07, 6.45) is 0. The summed E-state index contributed by atoms with van der Waals surface area (Å²) >= 11 is 0. The first kappa shape index (κ1) is 13.0. The fourth-order valence-corrected chi connectivity index (χ4v) is 1.80. The molecule has 0 aliphatic carbocycles. The van der Waals surface area contributed by atoms with Crippen LogP contribution in [0.5, 0.6) is 0 Å². The first-order chi connectivity index (χ1) is 7.31. The molecule has 1 rings (SSSR count). The van der Waals surface area contributed by atoms with E-state index in [1.54, 1.807) is 0 Å². The molecule has 1 heterocycles. The van der Waals surface area contributed by atoms with Gasteiger partial charge in [-0.05, 0) is 30.0 Å². The molecule has 0 spiro atoms. The van der Waals surface area contributed by atoms with Crippen molar-refractivity contribution in [2.24, 2.45) is 5.41 Å². The Bertz CT molecular complexity index is 355. The second-order valence-electron chi connectivity index (χ2n) is 5.55. The highest BCUT2D eigenvalue weighted by Gasteiger charge is 2.15. The number of hydrogen-bond donors (Lipinski definition) is 1. The molecule has 0 bridgehead atoms. The van der Waals surface area contributed by atoms with Gasteiger partial charge in [0, 0.05) is 19.3 Å². The zero-order chi connectivity index (χ0) is 12.3. The average molecular weight is 222 g/mol. The van der Waals surface area contributed by atoms with Gasteiger partial charge in [-0.15, -0.1) is 0 Å². The lowest BCUT2D eigenvalue weighted by molar-refractivity contribution is 0.281. The van der Waals surface area contributed by atoms with E-state index in [4.69, 9.17) is 5.11 Å². The normalized spacial score (nSPS) is 11.6. The number of anilines is 1. The zero-order valence-electron chi connectivity index (χ0n) is 10.9. The van der Waals surface area contributed by atoms with Gasteiger partial charge in [-0.25, -0.2) is 4.98 Å². The maximum absolute atomic E-state index is 9.15. The number of aliphatic hydroxyl groups is 1. The Morgan fingerprint density at radius 1 is 1.31 bits per heavy atom. The second-order valence-corrected chi connectivity index (χ2v) is 5.55. The molecule has 1 aromatic heterocycles. The first-order valence-corrected chi connectivity index (χ1v) is 5.61. The Labute approximate surface area is 98.1 Å². The number of rotatable bonds is 3. The molecule has 3 heteroatoms. The van der Waals surface area contributed by atoms with E-state index in [9.17, 15) is 0 Å². The quantitative estimate of drug-likeness (QED) is 0.853. The van der Waals surface area contributed by atoms with Crippen molar-refractivity contribution in [3.63, 3.8) is 0 Å². The van der Waals surface area contributed by atoms with Crippen molar-refractivity contribution in [3.8, 4) is 0 Å². The van der Waals surface area contributed by atoms with E-state index in [1.807, 2.05) is 26.1 Å². The van der Waals surface area contributed by atoms with E-state index in [0.717, 1.165) is 23.6 Å². The van der Waals surface area contributed by atoms with Crippen LogP contribution in [0.25, 0.3) is 0 Å². The molecule has 3 nitrogen and oxygen atoms in total. The topological polar surface area (TPSA) is 36.4 Å². The lowest BCUT2D eigenvalue weighted by Gasteiger charge is -2.27. The van der Waals surface area contributed by atoms with Gasteiger partial charge >= 0.3 is 0 Å². The van der Waals surface area contributed by atoms with E-state index in [2.05, 4.69) is 30.7 Å². The van der Waals surface area contributed by atoms with Gasteiger partial charge in [0.1, 0.15) is 5.82 Å². The van der Waals surface area contributed by atoms with Gasteiger partial charge in [0.2, 0.25) is 0 Å². The average Bonchev–Trinajstić information content (AvgIpc) is 2.14. The number of aromatic nitrogens is 1. The van der Waals surface area contributed by atoms with Crippen molar-refractivity contribution in [1.29, 1.82) is 0 Å². The number of pyridine rings is 1. The maximum Gasteiger partial charge on any atom is 0.128 e. The molecule has 0 fully saturated rings. The van der Waals surface area contributed by atoms with Gasteiger partial charge in [0.25, 0.3) is 0 Å². The summed E-state index contributed by atoms with van der Waals surface area (Å²) in [5.41, 5.74) is 2.10. The fraction of sp³-hybridized carbons (Fsp3) is 0.615. The van der Waals surface area contributed by atoms with Crippen molar-refractivity contribution in [3.05, 3.63) is 23.4 Å². The van der Waals surface area contributed by atoms with Crippen LogP contribution in [-0.2, 0) is 6.61 Å². The predicted molar refractivity (Wildman–Crippen MR) is 67.6 cm³/mol. The summed E-state index contributed by atoms with van der Waals surface area (Å²) in [7, 11) is 2.04. The minimum Gasteiger partial charge on any atom is -0.392 e. The second kappa shape index (κ2) is 4.83. The van der Waals surface area contributed by atoms with E-state index in [1.165, 1.54) is 0 Å². The summed E-state index contributed by atoms with van der Waals surface area (Å²) in [4.78, 5) is 6.61. The third kappa shape index (κ3) is 3.81. The summed E-state index contributed by atoms with van der Waals surface area (Å²) in [5.74, 6) is 0.930. The van der Waals surface area contributed by atoms with Gasteiger partial charge < -0.3 is 10.0 Å². The maximum atomic E-state index is 9.15. The van der Waals surface area contributed by atoms with Gasteiger partial charge in [0.05, 0.1) is 6.61 Å². The third-order valence-corrected chi connectivity index (χ3v) is 2.28. The van der Waals surface area contributed by atoms with Crippen LogP contribution in [-0.4, -0.2) is 23.7 Å². The molecule has 0 aromatic carbocycles. The standard InChI is InChI=1S/C13H22N2O/c1-10-6-11(8-16)7-12(14-10)15(5)9-13(2,3)4/h6-7,16H,8-9H2,1-5H3. The van der Waals surface area contributed by atoms with E-state index >= 15 is 0 Å². The minimum absolute atomic E-state index is 0.0692. The monoisotopic (exact) mass is 222 g/mol. The molecule has 0 unspecified atom stereocenters. The molecular weight excluding hydrogens is 200 g/mol. The van der Waals surface area contributed by atoms with Crippen LogP contribution in [0, 0.1) is 12.3 Å². The third-order valence-electron chi connectivity index (χ3n) is 2.28. The highest BCUT2D eigenvalue weighted by atomic mass is 16.3. The molecular formula is C13H22N2O. The van der Waals surface area contributed by atoms with Crippen LogP contribution in [0.2, 0.25) is 0 Å². The number of aryl methyl sites for hydroxylation is 1. The number of aliphatic hydroxyl groups excluding tert-OH is 1. The molecule has 0 amide bonds. The van der Waals surface area contributed by atoms with Crippen molar-refractivity contribution in [2.75, 3.05) is 18.5 Å². The van der Waals surface area contributed by atoms with Gasteiger partial charge in [-0.2, -0.15) is 0 Å². The SMILES string of the molecule is Cc1cc(CO)cc(N(C)CC(C)(C)C)n1. The van der Waals surface area contributed by atoms with E-state index < -0.39 is 0 Å². The summed E-state index contributed by atoms with van der Waals surface area (Å²) < 4.78 is 0. The smallest absolute Gasteiger partial charge is 0.128 e. The van der Waals surface area contributed by atoms with Crippen LogP contribution < -0.4 is 4.90 Å². The van der Waals surface area contributed by atoms with Crippen molar-refractivity contribution < 1.29 is 5.11 Å². The zero-order valence-corrected chi connectivity index (χ0v) is 10.9. The molecule has 1 aromatic rings. The van der Waals surface area contributed by atoms with E-state index in [0.29, 0.717) is 0 Å². The Morgan fingerprint density at radius 2 is 1.94 bits per heavy atom. The Hall–Kier alpha value is -1.09. The molecule has 90 valence electrons. The van der Waals surface area contributed by atoms with Crippen LogP contribution in [0.3, 0.4) is 0 Å². The lowest BCUT2D eigenvalue weighted by Crippen LogP contribution is -2.29. The van der Waals surface area contributed by atoms with Gasteiger partial charge in [-0.3, -0.25) is 0 Å². The number of hydrogen-bond acceptors (Lipinski definition) is 3. The van der Waals surface area contributed by atoms with Gasteiger partial charge in [0.15, 0.2) is 0 Å². The van der Waals surface area contributed by atoms with Crippen molar-refractivity contribution >= 4 is 5.82 Å². The van der Waals surface area contributed by atoms with E-state index in [-0.39, 0.29) is 12.0 Å². The molecule has 0 saturated carbocycles. The molecule has 0 aliphatic heterocycles. The Morgan fingerprint density at radius 3 is 2.44 bits per heavy atom. The Kier molecular flexibility index (Phi) is 3.92. The van der Waals surface area contributed by atoms with Crippen molar-refractivity contribution in [1.82, 2.24) is 4.98 Å². The summed E-state index contributed by atoms with van der Waals surface area (Å²) in [6.45, 7) is 9.56. The van der Waals surface area contributed by atoms with Crippen LogP contribution in [0.1, 0.15) is 32.0 Å². The molecule has 1 N–H and O–H groups in total. The number of nitrogens with zero attached hydrogens (tertiary/aromatic N) is 2. The molecule has 0 radical (unpaired) electrons. The van der Waals surface area contributed by atoms with Crippen LogP contribution in [0.4, 0.5) is 5.82 Å². The predicted octanol–water partition coefficient (Wildman–Crippen LogP) is 2.36. The molecule has 16 heavy (non-hydrogen) atoms. The highest BCUT2D eigenvalue weighted by molar-refractivity contribution is 5.41. The summed E-state index contributed by atoms with van der Waals surface area (Å²) in [5, 5.41) is 9.15. The minimum atomic E-state index is 0.0692. The molecule has 0 atom stereocenters. The highest BCUT2D eigenvalue weighted by Crippen LogP contribution is 2.20. The Balaban J connectivity index is 2.90. The first-order valence-electron chi connectivity index (χ1n) is 5.61. The molecule has 0 aliphatic rings. The fourth-order valence-electron chi connectivity index (χ4n) is 1.80. The molecule has 0 saturated heterocycles. The van der Waals surface area contributed by atoms with Crippen LogP contribution in [0.15, 0.2) is 12.1 Å². The van der Waals surface area contributed by atoms with Crippen LogP contribution >= 0.6 is 0 Å². The summed E-state index contributed by atoms with van der Waals surface area (Å²) in [6, 6.07) is 3.85. The lowest BCUT2D eigenvalue weighted by atomic mass is 9.96.